The van der Waals surface area contributed by atoms with Gasteiger partial charge in [-0.05, 0) is 41.5 Å². The summed E-state index contributed by atoms with van der Waals surface area (Å²) in [6.45, 7) is 1.40. The maximum absolute atomic E-state index is 13.4. The Balaban J connectivity index is 1.58. The number of benzene rings is 4. The molecule has 0 spiro atoms. The number of sulfonamides is 1. The highest BCUT2D eigenvalue weighted by molar-refractivity contribution is 7.92. The Bertz CT molecular complexity index is 1410. The van der Waals surface area contributed by atoms with Crippen molar-refractivity contribution in [3.05, 3.63) is 108 Å². The molecule has 0 aliphatic carbocycles. The van der Waals surface area contributed by atoms with Crippen LogP contribution in [-0.4, -0.2) is 27.1 Å². The lowest BCUT2D eigenvalue weighted by molar-refractivity contribution is -0.119. The second kappa shape index (κ2) is 9.67. The lowest BCUT2D eigenvalue weighted by Gasteiger charge is -2.25. The number of rotatable bonds is 7. The van der Waals surface area contributed by atoms with E-state index in [0.717, 1.165) is 26.2 Å². The van der Waals surface area contributed by atoms with E-state index in [0.29, 0.717) is 5.69 Å². The maximum Gasteiger partial charge on any atom is 0.264 e. The number of hydrogen-bond acceptors (Lipinski definition) is 4. The van der Waals surface area contributed by atoms with Crippen LogP contribution in [0.3, 0.4) is 0 Å². The van der Waals surface area contributed by atoms with Crippen molar-refractivity contribution in [1.82, 2.24) is 5.43 Å². The average Bonchev–Trinajstić information content (AvgIpc) is 2.84. The zero-order chi connectivity index (χ0) is 23.3. The SMILES string of the molecule is Cc1ccccc1N(CC(=O)N/N=C/c1cccc2ccccc12)S(=O)(=O)c1ccccc1. The van der Waals surface area contributed by atoms with Crippen LogP contribution in [0.5, 0.6) is 0 Å². The lowest BCUT2D eigenvalue weighted by atomic mass is 10.1. The van der Waals surface area contributed by atoms with Gasteiger partial charge in [0.15, 0.2) is 0 Å². The summed E-state index contributed by atoms with van der Waals surface area (Å²) in [4.78, 5) is 12.9. The molecule has 166 valence electrons. The first kappa shape index (κ1) is 22.2. The van der Waals surface area contributed by atoms with E-state index < -0.39 is 22.5 Å². The van der Waals surface area contributed by atoms with E-state index >= 15 is 0 Å². The molecule has 0 saturated heterocycles. The zero-order valence-electron chi connectivity index (χ0n) is 18.0. The van der Waals surface area contributed by atoms with Gasteiger partial charge in [-0.25, -0.2) is 13.8 Å². The fraction of sp³-hybridized carbons (Fsp3) is 0.0769. The van der Waals surface area contributed by atoms with Crippen LogP contribution in [0.25, 0.3) is 10.8 Å². The van der Waals surface area contributed by atoms with Gasteiger partial charge in [0.25, 0.3) is 15.9 Å². The van der Waals surface area contributed by atoms with Gasteiger partial charge >= 0.3 is 0 Å². The van der Waals surface area contributed by atoms with Crippen LogP contribution < -0.4 is 9.73 Å². The van der Waals surface area contributed by atoms with Gasteiger partial charge in [-0.3, -0.25) is 9.10 Å². The lowest BCUT2D eigenvalue weighted by Crippen LogP contribution is -2.40. The summed E-state index contributed by atoms with van der Waals surface area (Å²) >= 11 is 0. The van der Waals surface area contributed by atoms with E-state index in [1.165, 1.54) is 12.1 Å². The number of hydrogen-bond donors (Lipinski definition) is 1. The third-order valence-electron chi connectivity index (χ3n) is 5.22. The van der Waals surface area contributed by atoms with Crippen LogP contribution in [0, 0.1) is 6.92 Å². The molecule has 0 aliphatic heterocycles. The van der Waals surface area contributed by atoms with Gasteiger partial charge in [-0.15, -0.1) is 0 Å². The molecular formula is C26H23N3O3S. The van der Waals surface area contributed by atoms with Crippen LogP contribution >= 0.6 is 0 Å². The van der Waals surface area contributed by atoms with Gasteiger partial charge in [0, 0.05) is 5.56 Å². The summed E-state index contributed by atoms with van der Waals surface area (Å²) in [7, 11) is -3.96. The van der Waals surface area contributed by atoms with Gasteiger partial charge in [-0.2, -0.15) is 5.10 Å². The Kier molecular flexibility index (Phi) is 6.51. The highest BCUT2D eigenvalue weighted by Gasteiger charge is 2.27. The Morgan fingerprint density at radius 1 is 0.879 bits per heavy atom. The molecule has 0 unspecified atom stereocenters. The van der Waals surface area contributed by atoms with Gasteiger partial charge < -0.3 is 0 Å². The van der Waals surface area contributed by atoms with E-state index in [-0.39, 0.29) is 4.90 Å². The summed E-state index contributed by atoms with van der Waals surface area (Å²) in [5.41, 5.74) is 4.49. The molecule has 4 aromatic rings. The van der Waals surface area contributed by atoms with E-state index in [9.17, 15) is 13.2 Å². The first-order chi connectivity index (χ1) is 16.0. The molecule has 33 heavy (non-hydrogen) atoms. The Labute approximate surface area is 193 Å². The van der Waals surface area contributed by atoms with Gasteiger partial charge in [0.05, 0.1) is 16.8 Å². The summed E-state index contributed by atoms with van der Waals surface area (Å²) in [5.74, 6) is -0.547. The fourth-order valence-corrected chi connectivity index (χ4v) is 5.07. The predicted molar refractivity (Wildman–Crippen MR) is 132 cm³/mol. The highest BCUT2D eigenvalue weighted by Crippen LogP contribution is 2.26. The molecule has 0 atom stereocenters. The molecule has 0 aliphatic rings. The van der Waals surface area contributed by atoms with Crippen molar-refractivity contribution in [2.24, 2.45) is 5.10 Å². The van der Waals surface area contributed by atoms with E-state index in [2.05, 4.69) is 10.5 Å². The summed E-state index contributed by atoms with van der Waals surface area (Å²) in [6.07, 6.45) is 1.56. The van der Waals surface area contributed by atoms with E-state index in [4.69, 9.17) is 0 Å². The molecule has 7 heteroatoms. The minimum Gasteiger partial charge on any atom is -0.271 e. The number of hydrazone groups is 1. The quantitative estimate of drug-likeness (QED) is 0.328. The Morgan fingerprint density at radius 2 is 1.55 bits per heavy atom. The van der Waals surface area contributed by atoms with Crippen molar-refractivity contribution >= 4 is 38.6 Å². The summed E-state index contributed by atoms with van der Waals surface area (Å²) in [6, 6.07) is 28.8. The van der Waals surface area contributed by atoms with E-state index in [1.807, 2.05) is 48.5 Å². The first-order valence-corrected chi connectivity index (χ1v) is 11.8. The molecule has 6 nitrogen and oxygen atoms in total. The monoisotopic (exact) mass is 457 g/mol. The molecule has 0 saturated carbocycles. The van der Waals surface area contributed by atoms with Crippen molar-refractivity contribution in [3.8, 4) is 0 Å². The normalized spacial score (nSPS) is 11.5. The number of carbonyl (C=O) groups excluding carboxylic acids is 1. The molecule has 0 heterocycles. The molecule has 0 aromatic heterocycles. The maximum atomic E-state index is 13.4. The third kappa shape index (κ3) is 4.94. The van der Waals surface area contributed by atoms with Gasteiger partial charge in [0.1, 0.15) is 6.54 Å². The summed E-state index contributed by atoms with van der Waals surface area (Å²) in [5, 5.41) is 6.14. The molecular weight excluding hydrogens is 434 g/mol. The number of nitrogens with zero attached hydrogens (tertiary/aromatic N) is 2. The van der Waals surface area contributed by atoms with Crippen LogP contribution in [-0.2, 0) is 14.8 Å². The van der Waals surface area contributed by atoms with Crippen molar-refractivity contribution in [2.75, 3.05) is 10.8 Å². The molecule has 4 rings (SSSR count). The van der Waals surface area contributed by atoms with E-state index in [1.54, 1.807) is 49.5 Å². The third-order valence-corrected chi connectivity index (χ3v) is 6.99. The zero-order valence-corrected chi connectivity index (χ0v) is 18.9. The van der Waals surface area contributed by atoms with Crippen LogP contribution in [0.2, 0.25) is 0 Å². The molecule has 0 bridgehead atoms. The number of nitrogens with one attached hydrogen (secondary N) is 1. The van der Waals surface area contributed by atoms with Gasteiger partial charge in [-0.1, -0.05) is 78.9 Å². The first-order valence-electron chi connectivity index (χ1n) is 10.4. The van der Waals surface area contributed by atoms with Crippen molar-refractivity contribution < 1.29 is 13.2 Å². The van der Waals surface area contributed by atoms with Crippen molar-refractivity contribution in [2.45, 2.75) is 11.8 Å². The largest absolute Gasteiger partial charge is 0.271 e. The standard InChI is InChI=1S/C26H23N3O3S/c1-20-10-5-8-17-25(20)29(33(31,32)23-14-3-2-4-15-23)19-26(30)28-27-18-22-13-9-12-21-11-6-7-16-24(21)22/h2-18H,19H2,1H3,(H,28,30)/b27-18+. The van der Waals surface area contributed by atoms with Crippen LogP contribution in [0.1, 0.15) is 11.1 Å². The molecule has 0 radical (unpaired) electrons. The smallest absolute Gasteiger partial charge is 0.264 e. The molecule has 0 fully saturated rings. The van der Waals surface area contributed by atoms with Crippen molar-refractivity contribution in [3.63, 3.8) is 0 Å². The second-order valence-electron chi connectivity index (χ2n) is 7.47. The fourth-order valence-electron chi connectivity index (χ4n) is 3.57. The number of carbonyl (C=O) groups is 1. The van der Waals surface area contributed by atoms with Crippen LogP contribution in [0.4, 0.5) is 5.69 Å². The number of para-hydroxylation sites is 1. The number of aryl methyl sites for hydroxylation is 1. The topological polar surface area (TPSA) is 78.8 Å². The minimum absolute atomic E-state index is 0.111. The molecule has 4 aromatic carbocycles. The summed E-state index contributed by atoms with van der Waals surface area (Å²) < 4.78 is 27.9. The van der Waals surface area contributed by atoms with Crippen LogP contribution in [0.15, 0.2) is 107 Å². The minimum atomic E-state index is -3.96. The molecule has 1 N–H and O–H groups in total. The predicted octanol–water partition coefficient (Wildman–Crippen LogP) is 4.49. The highest BCUT2D eigenvalue weighted by atomic mass is 32.2. The van der Waals surface area contributed by atoms with Crippen molar-refractivity contribution in [1.29, 1.82) is 0 Å². The van der Waals surface area contributed by atoms with Gasteiger partial charge in [0.2, 0.25) is 0 Å². The Hall–Kier alpha value is -3.97. The number of anilines is 1. The Morgan fingerprint density at radius 3 is 2.33 bits per heavy atom. The number of amides is 1. The average molecular weight is 458 g/mol. The second-order valence-corrected chi connectivity index (χ2v) is 9.34. The molecule has 1 amide bonds. The number of fused-ring (bicyclic) bond motifs is 1.